The summed E-state index contributed by atoms with van der Waals surface area (Å²) in [5.41, 5.74) is 1.99. The molecule has 1 N–H and O–H groups in total. The quantitative estimate of drug-likeness (QED) is 0.763. The van der Waals surface area contributed by atoms with Gasteiger partial charge in [0.1, 0.15) is 0 Å². The Balaban J connectivity index is 1.93. The minimum absolute atomic E-state index is 0.772. The van der Waals surface area contributed by atoms with Gasteiger partial charge in [-0.1, -0.05) is 18.2 Å². The van der Waals surface area contributed by atoms with Gasteiger partial charge < -0.3 is 5.32 Å². The van der Waals surface area contributed by atoms with Gasteiger partial charge in [-0.15, -0.1) is 0 Å². The lowest BCUT2D eigenvalue weighted by molar-refractivity contribution is 0.767. The minimum atomic E-state index is 0.772. The number of imidazole rings is 1. The zero-order valence-electron chi connectivity index (χ0n) is 9.99. The normalized spacial score (nSPS) is 10.5. The van der Waals surface area contributed by atoms with Crippen LogP contribution in [-0.2, 0) is 7.05 Å². The highest BCUT2D eigenvalue weighted by molar-refractivity contribution is 5.55. The number of benzene rings is 1. The molecule has 0 fully saturated rings. The van der Waals surface area contributed by atoms with Gasteiger partial charge in [0, 0.05) is 31.3 Å². The predicted octanol–water partition coefficient (Wildman–Crippen LogP) is 2.35. The summed E-state index contributed by atoms with van der Waals surface area (Å²) in [5, 5.41) is 7.44. The Hall–Kier alpha value is -2.56. The van der Waals surface area contributed by atoms with Crippen LogP contribution in [0.25, 0.3) is 5.69 Å². The molecular formula is C13H13N5. The number of hydrogen-bond acceptors (Lipinski definition) is 3. The van der Waals surface area contributed by atoms with Crippen molar-refractivity contribution in [2.45, 2.75) is 0 Å². The van der Waals surface area contributed by atoms with E-state index in [0.717, 1.165) is 17.3 Å². The van der Waals surface area contributed by atoms with Crippen LogP contribution in [0.15, 0.2) is 55.1 Å². The molecule has 3 aromatic rings. The third-order valence-electron chi connectivity index (χ3n) is 2.64. The summed E-state index contributed by atoms with van der Waals surface area (Å²) in [7, 11) is 1.89. The Kier molecular flexibility index (Phi) is 2.57. The van der Waals surface area contributed by atoms with Crippen LogP contribution < -0.4 is 5.32 Å². The Morgan fingerprint density at radius 3 is 2.72 bits per heavy atom. The molecule has 0 aliphatic carbocycles. The molecule has 1 aromatic carbocycles. The first-order chi connectivity index (χ1) is 8.83. The van der Waals surface area contributed by atoms with Crippen molar-refractivity contribution < 1.29 is 0 Å². The van der Waals surface area contributed by atoms with Crippen molar-refractivity contribution in [2.75, 3.05) is 5.32 Å². The van der Waals surface area contributed by atoms with Crippen molar-refractivity contribution in [1.29, 1.82) is 0 Å². The molecule has 0 aliphatic heterocycles. The number of hydrogen-bond donors (Lipinski definition) is 1. The molecule has 5 nitrogen and oxygen atoms in total. The van der Waals surface area contributed by atoms with Gasteiger partial charge in [-0.25, -0.2) is 4.98 Å². The molecule has 0 atom stereocenters. The maximum atomic E-state index is 4.31. The molecule has 0 saturated carbocycles. The van der Waals surface area contributed by atoms with Gasteiger partial charge in [0.2, 0.25) is 5.95 Å². The van der Waals surface area contributed by atoms with Gasteiger partial charge in [-0.05, 0) is 12.1 Å². The summed E-state index contributed by atoms with van der Waals surface area (Å²) in [6, 6.07) is 9.96. The van der Waals surface area contributed by atoms with Crippen molar-refractivity contribution in [3.63, 3.8) is 0 Å². The second kappa shape index (κ2) is 4.37. The van der Waals surface area contributed by atoms with E-state index >= 15 is 0 Å². The fourth-order valence-electron chi connectivity index (χ4n) is 1.79. The number of nitrogens with zero attached hydrogens (tertiary/aromatic N) is 4. The highest BCUT2D eigenvalue weighted by Crippen LogP contribution is 2.18. The zero-order valence-corrected chi connectivity index (χ0v) is 9.99. The maximum Gasteiger partial charge on any atom is 0.212 e. The van der Waals surface area contributed by atoms with Gasteiger partial charge in [-0.3, -0.25) is 9.25 Å². The molecule has 5 heteroatoms. The molecule has 18 heavy (non-hydrogen) atoms. The summed E-state index contributed by atoms with van der Waals surface area (Å²) in [5.74, 6) is 0.772. The van der Waals surface area contributed by atoms with Crippen LogP contribution in [0.5, 0.6) is 0 Å². The number of nitrogens with one attached hydrogen (secondary N) is 1. The van der Waals surface area contributed by atoms with E-state index in [1.807, 2.05) is 54.3 Å². The molecule has 90 valence electrons. The van der Waals surface area contributed by atoms with E-state index in [-0.39, 0.29) is 0 Å². The Morgan fingerprint density at radius 2 is 2.00 bits per heavy atom. The molecule has 0 radical (unpaired) electrons. The topological polar surface area (TPSA) is 47.7 Å². The number of aryl methyl sites for hydroxylation is 1. The molecule has 2 aromatic heterocycles. The van der Waals surface area contributed by atoms with Crippen molar-refractivity contribution in [3.8, 4) is 5.69 Å². The first-order valence-electron chi connectivity index (χ1n) is 5.67. The third-order valence-corrected chi connectivity index (χ3v) is 2.64. The van der Waals surface area contributed by atoms with Gasteiger partial charge >= 0.3 is 0 Å². The van der Waals surface area contributed by atoms with Crippen LogP contribution in [0, 0.1) is 0 Å². The summed E-state index contributed by atoms with van der Waals surface area (Å²) in [4.78, 5) is 4.31. The van der Waals surface area contributed by atoms with E-state index < -0.39 is 0 Å². The lowest BCUT2D eigenvalue weighted by Crippen LogP contribution is -2.00. The van der Waals surface area contributed by atoms with Crippen molar-refractivity contribution in [2.24, 2.45) is 7.05 Å². The van der Waals surface area contributed by atoms with Crippen LogP contribution >= 0.6 is 0 Å². The third kappa shape index (κ3) is 1.98. The van der Waals surface area contributed by atoms with E-state index in [1.54, 1.807) is 17.1 Å². The average molecular weight is 239 g/mol. The van der Waals surface area contributed by atoms with E-state index in [2.05, 4.69) is 15.4 Å². The molecule has 0 saturated heterocycles. The standard InChI is InChI=1S/C13H13N5/c1-17-10-12(9-15-17)18-8-7-14-13(18)16-11-5-3-2-4-6-11/h2-10H,1H3,(H,14,16). The van der Waals surface area contributed by atoms with E-state index in [9.17, 15) is 0 Å². The Labute approximate surface area is 105 Å². The molecule has 0 bridgehead atoms. The van der Waals surface area contributed by atoms with Crippen LogP contribution in [-0.4, -0.2) is 19.3 Å². The predicted molar refractivity (Wildman–Crippen MR) is 70.1 cm³/mol. The molecule has 0 spiro atoms. The van der Waals surface area contributed by atoms with Gasteiger partial charge in [0.25, 0.3) is 0 Å². The number of para-hydroxylation sites is 1. The van der Waals surface area contributed by atoms with Crippen molar-refractivity contribution >= 4 is 11.6 Å². The first kappa shape index (κ1) is 10.6. The highest BCUT2D eigenvalue weighted by Gasteiger charge is 2.06. The molecule has 0 aliphatic rings. The van der Waals surface area contributed by atoms with Crippen LogP contribution in [0.1, 0.15) is 0 Å². The van der Waals surface area contributed by atoms with Crippen LogP contribution in [0.2, 0.25) is 0 Å². The van der Waals surface area contributed by atoms with Crippen molar-refractivity contribution in [1.82, 2.24) is 19.3 Å². The smallest absolute Gasteiger partial charge is 0.212 e. The van der Waals surface area contributed by atoms with Crippen LogP contribution in [0.4, 0.5) is 11.6 Å². The fourth-order valence-corrected chi connectivity index (χ4v) is 1.79. The fraction of sp³-hybridized carbons (Fsp3) is 0.0769. The number of anilines is 2. The number of aromatic nitrogens is 4. The molecule has 2 heterocycles. The van der Waals surface area contributed by atoms with E-state index in [4.69, 9.17) is 0 Å². The average Bonchev–Trinajstić information content (AvgIpc) is 2.99. The Morgan fingerprint density at radius 1 is 1.17 bits per heavy atom. The number of rotatable bonds is 3. The van der Waals surface area contributed by atoms with Crippen LogP contribution in [0.3, 0.4) is 0 Å². The highest BCUT2D eigenvalue weighted by atomic mass is 15.3. The second-order valence-corrected chi connectivity index (χ2v) is 3.98. The largest absolute Gasteiger partial charge is 0.325 e. The van der Waals surface area contributed by atoms with Crippen molar-refractivity contribution in [3.05, 3.63) is 55.1 Å². The van der Waals surface area contributed by atoms with E-state index in [1.165, 1.54) is 0 Å². The second-order valence-electron chi connectivity index (χ2n) is 3.98. The maximum absolute atomic E-state index is 4.31. The molecule has 0 unspecified atom stereocenters. The lowest BCUT2D eigenvalue weighted by Gasteiger charge is -2.07. The van der Waals surface area contributed by atoms with E-state index in [0.29, 0.717) is 0 Å². The monoisotopic (exact) mass is 239 g/mol. The summed E-state index contributed by atoms with van der Waals surface area (Å²) < 4.78 is 3.72. The summed E-state index contributed by atoms with van der Waals surface area (Å²) in [6.45, 7) is 0. The SMILES string of the molecule is Cn1cc(-n2ccnc2Nc2ccccc2)cn1. The summed E-state index contributed by atoms with van der Waals surface area (Å²) in [6.07, 6.45) is 7.41. The molecular weight excluding hydrogens is 226 g/mol. The Bertz CT molecular complexity index is 638. The van der Waals surface area contributed by atoms with Gasteiger partial charge in [-0.2, -0.15) is 5.10 Å². The summed E-state index contributed by atoms with van der Waals surface area (Å²) >= 11 is 0. The molecule has 0 amide bonds. The van der Waals surface area contributed by atoms with Gasteiger partial charge in [0.15, 0.2) is 0 Å². The zero-order chi connectivity index (χ0) is 12.4. The first-order valence-corrected chi connectivity index (χ1v) is 5.67. The van der Waals surface area contributed by atoms with Gasteiger partial charge in [0.05, 0.1) is 11.9 Å². The molecule has 3 rings (SSSR count). The lowest BCUT2D eigenvalue weighted by atomic mass is 10.3. The minimum Gasteiger partial charge on any atom is -0.325 e.